The fraction of sp³-hybridized carbons (Fsp3) is 0.261. The quantitative estimate of drug-likeness (QED) is 0.515. The summed E-state index contributed by atoms with van der Waals surface area (Å²) in [7, 11) is 1.33. The molecule has 7 nitrogen and oxygen atoms in total. The molecule has 1 unspecified atom stereocenters. The fourth-order valence-electron chi connectivity index (χ4n) is 3.86. The fourth-order valence-corrected chi connectivity index (χ4v) is 3.86. The monoisotopic (exact) mass is 404 g/mol. The van der Waals surface area contributed by atoms with Gasteiger partial charge in [-0.25, -0.2) is 9.78 Å². The van der Waals surface area contributed by atoms with Gasteiger partial charge in [0.25, 0.3) is 5.56 Å². The SMILES string of the molecule is CCn1cc(-c2nc3ccc(C(=O)OC)cc3n(C(C)CN)c2=O)c2ccccc21. The molecule has 4 aromatic rings. The molecule has 0 aliphatic carbocycles. The van der Waals surface area contributed by atoms with Gasteiger partial charge in [-0.05, 0) is 38.1 Å². The van der Waals surface area contributed by atoms with Crippen molar-refractivity contribution in [3.8, 4) is 11.3 Å². The standard InChI is InChI=1S/C23H24N4O3/c1-4-26-13-17(16-7-5-6-8-19(16)26)21-22(28)27(14(2)12-24)20-11-15(23(29)30-3)9-10-18(20)25-21/h5-11,13-14H,4,12,24H2,1-3H3. The second kappa shape index (κ2) is 7.76. The molecule has 2 aromatic carbocycles. The molecule has 0 amide bonds. The van der Waals surface area contributed by atoms with E-state index in [1.807, 2.05) is 37.4 Å². The maximum atomic E-state index is 13.6. The number of esters is 1. The summed E-state index contributed by atoms with van der Waals surface area (Å²) < 4.78 is 8.56. The number of aromatic nitrogens is 3. The van der Waals surface area contributed by atoms with Gasteiger partial charge >= 0.3 is 5.97 Å². The zero-order valence-corrected chi connectivity index (χ0v) is 17.3. The number of hydrogen-bond acceptors (Lipinski definition) is 5. The zero-order valence-electron chi connectivity index (χ0n) is 17.3. The van der Waals surface area contributed by atoms with E-state index in [1.54, 1.807) is 22.8 Å². The van der Waals surface area contributed by atoms with E-state index in [4.69, 9.17) is 15.5 Å². The third kappa shape index (κ3) is 3.07. The summed E-state index contributed by atoms with van der Waals surface area (Å²) in [6.45, 7) is 5.00. The number of nitrogens with two attached hydrogens (primary N) is 1. The third-order valence-corrected chi connectivity index (χ3v) is 5.48. The molecule has 2 heterocycles. The van der Waals surface area contributed by atoms with Crippen molar-refractivity contribution in [3.63, 3.8) is 0 Å². The van der Waals surface area contributed by atoms with Gasteiger partial charge in [0.15, 0.2) is 0 Å². The molecular formula is C23H24N4O3. The van der Waals surface area contributed by atoms with E-state index < -0.39 is 5.97 Å². The predicted octanol–water partition coefficient (Wildman–Crippen LogP) is 3.34. The average Bonchev–Trinajstić information content (AvgIpc) is 3.16. The molecule has 0 fully saturated rings. The van der Waals surface area contributed by atoms with Crippen molar-refractivity contribution in [2.45, 2.75) is 26.4 Å². The maximum Gasteiger partial charge on any atom is 0.337 e. The summed E-state index contributed by atoms with van der Waals surface area (Å²) >= 11 is 0. The molecular weight excluding hydrogens is 380 g/mol. The van der Waals surface area contributed by atoms with Gasteiger partial charge in [-0.2, -0.15) is 0 Å². The number of nitrogens with zero attached hydrogens (tertiary/aromatic N) is 3. The highest BCUT2D eigenvalue weighted by Gasteiger charge is 2.20. The van der Waals surface area contributed by atoms with Crippen LogP contribution in [0.5, 0.6) is 0 Å². The number of ether oxygens (including phenoxy) is 1. The molecule has 0 aliphatic rings. The van der Waals surface area contributed by atoms with E-state index in [2.05, 4.69) is 11.5 Å². The van der Waals surface area contributed by atoms with Crippen molar-refractivity contribution in [1.29, 1.82) is 0 Å². The molecule has 2 N–H and O–H groups in total. The largest absolute Gasteiger partial charge is 0.465 e. The Bertz CT molecular complexity index is 1320. The molecule has 2 aromatic heterocycles. The van der Waals surface area contributed by atoms with Crippen LogP contribution in [0.25, 0.3) is 33.2 Å². The lowest BCUT2D eigenvalue weighted by atomic mass is 10.1. The molecule has 0 saturated carbocycles. The minimum Gasteiger partial charge on any atom is -0.465 e. The Balaban J connectivity index is 2.07. The van der Waals surface area contributed by atoms with Crippen LogP contribution in [0.1, 0.15) is 30.2 Å². The third-order valence-electron chi connectivity index (χ3n) is 5.48. The van der Waals surface area contributed by atoms with Crippen LogP contribution in [0.3, 0.4) is 0 Å². The first-order valence-electron chi connectivity index (χ1n) is 9.93. The second-order valence-electron chi connectivity index (χ2n) is 7.26. The van der Waals surface area contributed by atoms with Gasteiger partial charge in [0.05, 0.1) is 23.7 Å². The van der Waals surface area contributed by atoms with E-state index in [0.29, 0.717) is 22.3 Å². The number of fused-ring (bicyclic) bond motifs is 2. The lowest BCUT2D eigenvalue weighted by Gasteiger charge is -2.18. The Morgan fingerprint density at radius 2 is 1.97 bits per heavy atom. The van der Waals surface area contributed by atoms with Crippen LogP contribution in [0, 0.1) is 0 Å². The van der Waals surface area contributed by atoms with Crippen LogP contribution >= 0.6 is 0 Å². The summed E-state index contributed by atoms with van der Waals surface area (Å²) in [6, 6.07) is 12.7. The first-order chi connectivity index (χ1) is 14.5. The molecule has 0 saturated heterocycles. The number of aryl methyl sites for hydroxylation is 1. The molecule has 0 bridgehead atoms. The Morgan fingerprint density at radius 1 is 1.20 bits per heavy atom. The van der Waals surface area contributed by atoms with Crippen molar-refractivity contribution in [2.24, 2.45) is 5.73 Å². The minimum atomic E-state index is -0.466. The number of carbonyl (C=O) groups excluding carboxylic acids is 1. The van der Waals surface area contributed by atoms with Crippen molar-refractivity contribution in [3.05, 3.63) is 64.6 Å². The predicted molar refractivity (Wildman–Crippen MR) is 118 cm³/mol. The van der Waals surface area contributed by atoms with Crippen LogP contribution in [0.15, 0.2) is 53.5 Å². The highest BCUT2D eigenvalue weighted by molar-refractivity contribution is 5.97. The topological polar surface area (TPSA) is 92.1 Å². The maximum absolute atomic E-state index is 13.6. The van der Waals surface area contributed by atoms with Crippen LogP contribution in [-0.4, -0.2) is 33.7 Å². The smallest absolute Gasteiger partial charge is 0.337 e. The van der Waals surface area contributed by atoms with E-state index in [0.717, 1.165) is 23.0 Å². The molecule has 1 atom stereocenters. The van der Waals surface area contributed by atoms with E-state index in [-0.39, 0.29) is 18.1 Å². The van der Waals surface area contributed by atoms with E-state index >= 15 is 0 Å². The Kier molecular flexibility index (Phi) is 5.13. The summed E-state index contributed by atoms with van der Waals surface area (Å²) in [5.74, 6) is -0.466. The zero-order chi connectivity index (χ0) is 21.4. The van der Waals surface area contributed by atoms with Crippen molar-refractivity contribution >= 4 is 27.9 Å². The molecule has 7 heteroatoms. The van der Waals surface area contributed by atoms with E-state index in [9.17, 15) is 9.59 Å². The molecule has 0 aliphatic heterocycles. The first kappa shape index (κ1) is 19.8. The van der Waals surface area contributed by atoms with Crippen molar-refractivity contribution in [1.82, 2.24) is 14.1 Å². The normalized spacial score (nSPS) is 12.4. The van der Waals surface area contributed by atoms with Crippen LogP contribution in [-0.2, 0) is 11.3 Å². The molecule has 154 valence electrons. The van der Waals surface area contributed by atoms with Gasteiger partial charge < -0.3 is 19.6 Å². The minimum absolute atomic E-state index is 0.235. The molecule has 4 rings (SSSR count). The van der Waals surface area contributed by atoms with Crippen molar-refractivity contribution < 1.29 is 9.53 Å². The summed E-state index contributed by atoms with van der Waals surface area (Å²) in [6.07, 6.45) is 1.97. The Morgan fingerprint density at radius 3 is 2.67 bits per heavy atom. The molecule has 0 radical (unpaired) electrons. The number of carbonyl (C=O) groups is 1. The average molecular weight is 404 g/mol. The van der Waals surface area contributed by atoms with Gasteiger partial charge in [0, 0.05) is 41.8 Å². The Hall–Kier alpha value is -3.45. The van der Waals surface area contributed by atoms with Gasteiger partial charge in [0.1, 0.15) is 5.69 Å². The molecule has 0 spiro atoms. The summed E-state index contributed by atoms with van der Waals surface area (Å²) in [5.41, 5.74) is 9.43. The highest BCUT2D eigenvalue weighted by atomic mass is 16.5. The summed E-state index contributed by atoms with van der Waals surface area (Å²) in [4.78, 5) is 30.3. The second-order valence-corrected chi connectivity index (χ2v) is 7.26. The van der Waals surface area contributed by atoms with E-state index in [1.165, 1.54) is 7.11 Å². The number of hydrogen-bond donors (Lipinski definition) is 1. The number of benzene rings is 2. The van der Waals surface area contributed by atoms with Gasteiger partial charge in [-0.3, -0.25) is 4.79 Å². The van der Waals surface area contributed by atoms with Crippen LogP contribution in [0.4, 0.5) is 0 Å². The van der Waals surface area contributed by atoms with Crippen molar-refractivity contribution in [2.75, 3.05) is 13.7 Å². The first-order valence-corrected chi connectivity index (χ1v) is 9.93. The van der Waals surface area contributed by atoms with Gasteiger partial charge in [-0.15, -0.1) is 0 Å². The summed E-state index contributed by atoms with van der Waals surface area (Å²) in [5, 5.41) is 0.974. The number of methoxy groups -OCH3 is 1. The van der Waals surface area contributed by atoms with Gasteiger partial charge in [0.2, 0.25) is 0 Å². The lowest BCUT2D eigenvalue weighted by molar-refractivity contribution is 0.0601. The lowest BCUT2D eigenvalue weighted by Crippen LogP contribution is -2.30. The highest BCUT2D eigenvalue weighted by Crippen LogP contribution is 2.29. The number of para-hydroxylation sites is 1. The van der Waals surface area contributed by atoms with Crippen LogP contribution < -0.4 is 11.3 Å². The number of rotatable bonds is 5. The Labute approximate surface area is 173 Å². The van der Waals surface area contributed by atoms with Crippen LogP contribution in [0.2, 0.25) is 0 Å². The molecule has 30 heavy (non-hydrogen) atoms. The van der Waals surface area contributed by atoms with Gasteiger partial charge in [-0.1, -0.05) is 18.2 Å².